The number of rotatable bonds is 6. The molecule has 1 fully saturated rings. The molecule has 1 aliphatic heterocycles. The molecule has 0 unspecified atom stereocenters. The van der Waals surface area contributed by atoms with Gasteiger partial charge in [-0.15, -0.1) is 0 Å². The lowest BCUT2D eigenvalue weighted by Crippen LogP contribution is -2.40. The van der Waals surface area contributed by atoms with Crippen LogP contribution in [0.3, 0.4) is 0 Å². The molecule has 0 aliphatic carbocycles. The fraction of sp³-hybridized carbons (Fsp3) is 0.304. The first kappa shape index (κ1) is 21.0. The smallest absolute Gasteiger partial charge is 0.226 e. The predicted molar refractivity (Wildman–Crippen MR) is 110 cm³/mol. The maximum Gasteiger partial charge on any atom is 0.226 e. The van der Waals surface area contributed by atoms with Gasteiger partial charge >= 0.3 is 0 Å². The highest BCUT2D eigenvalue weighted by Crippen LogP contribution is 2.32. The van der Waals surface area contributed by atoms with Gasteiger partial charge in [0.25, 0.3) is 0 Å². The van der Waals surface area contributed by atoms with Crippen molar-refractivity contribution in [1.29, 1.82) is 0 Å². The topological polar surface area (TPSA) is 56.6 Å². The Morgan fingerprint density at radius 2 is 1.84 bits per heavy atom. The van der Waals surface area contributed by atoms with Gasteiger partial charge in [-0.05, 0) is 49.7 Å². The van der Waals surface area contributed by atoms with Crippen molar-refractivity contribution < 1.29 is 23.0 Å². The maximum atomic E-state index is 13.7. The number of amides is 1. The molecular weight excluding hydrogens is 404 g/mol. The van der Waals surface area contributed by atoms with E-state index in [2.05, 4.69) is 5.10 Å². The fourth-order valence-corrected chi connectivity index (χ4v) is 3.53. The van der Waals surface area contributed by atoms with Gasteiger partial charge in [0, 0.05) is 31.1 Å². The SMILES string of the molecule is Cc1nn(-c2ccc(F)cc2)c(Oc2cccc(F)c2)c1CCC(=O)N1CCOCC1. The average Bonchev–Trinajstić information content (AvgIpc) is 3.08. The van der Waals surface area contributed by atoms with Crippen molar-refractivity contribution in [2.24, 2.45) is 0 Å². The molecule has 1 amide bonds. The third kappa shape index (κ3) is 4.91. The van der Waals surface area contributed by atoms with E-state index in [1.54, 1.807) is 33.8 Å². The van der Waals surface area contributed by atoms with Gasteiger partial charge in [-0.3, -0.25) is 4.79 Å². The van der Waals surface area contributed by atoms with Gasteiger partial charge in [-0.1, -0.05) is 6.07 Å². The number of morpholine rings is 1. The second-order valence-corrected chi connectivity index (χ2v) is 7.31. The molecule has 2 heterocycles. The summed E-state index contributed by atoms with van der Waals surface area (Å²) in [5, 5.41) is 4.55. The molecule has 4 rings (SSSR count). The van der Waals surface area contributed by atoms with Crippen molar-refractivity contribution in [3.63, 3.8) is 0 Å². The third-order valence-electron chi connectivity index (χ3n) is 5.17. The number of aryl methyl sites for hydroxylation is 1. The van der Waals surface area contributed by atoms with Crippen LogP contribution in [0.4, 0.5) is 8.78 Å². The summed E-state index contributed by atoms with van der Waals surface area (Å²) in [6.07, 6.45) is 0.698. The number of halogens is 2. The number of ether oxygens (including phenoxy) is 2. The lowest BCUT2D eigenvalue weighted by molar-refractivity contribution is -0.135. The largest absolute Gasteiger partial charge is 0.439 e. The van der Waals surface area contributed by atoms with Crippen LogP contribution in [0.1, 0.15) is 17.7 Å². The fourth-order valence-electron chi connectivity index (χ4n) is 3.53. The summed E-state index contributed by atoms with van der Waals surface area (Å²) in [7, 11) is 0. The van der Waals surface area contributed by atoms with Gasteiger partial charge < -0.3 is 14.4 Å². The van der Waals surface area contributed by atoms with Crippen LogP contribution in [-0.2, 0) is 16.0 Å². The first-order valence-corrected chi connectivity index (χ1v) is 10.1. The Morgan fingerprint density at radius 1 is 1.10 bits per heavy atom. The second-order valence-electron chi connectivity index (χ2n) is 7.31. The zero-order chi connectivity index (χ0) is 21.8. The van der Waals surface area contributed by atoms with Crippen molar-refractivity contribution in [3.8, 4) is 17.3 Å². The highest BCUT2D eigenvalue weighted by atomic mass is 19.1. The van der Waals surface area contributed by atoms with Gasteiger partial charge in [0.15, 0.2) is 0 Å². The summed E-state index contributed by atoms with van der Waals surface area (Å²) >= 11 is 0. The Kier molecular flexibility index (Phi) is 6.27. The van der Waals surface area contributed by atoms with Crippen LogP contribution in [-0.4, -0.2) is 46.9 Å². The number of benzene rings is 2. The van der Waals surface area contributed by atoms with Crippen LogP contribution in [0, 0.1) is 18.6 Å². The first-order chi connectivity index (χ1) is 15.0. The molecule has 3 aromatic rings. The molecule has 2 aromatic carbocycles. The van der Waals surface area contributed by atoms with Crippen LogP contribution < -0.4 is 4.74 Å². The monoisotopic (exact) mass is 427 g/mol. The lowest BCUT2D eigenvalue weighted by Gasteiger charge is -2.26. The standard InChI is InChI=1S/C23H23F2N3O3/c1-16-21(9-10-22(29)27-11-13-30-14-12-27)23(31-20-4-2-3-18(25)15-20)28(26-16)19-7-5-17(24)6-8-19/h2-8,15H,9-14H2,1H3. The third-order valence-corrected chi connectivity index (χ3v) is 5.17. The molecule has 31 heavy (non-hydrogen) atoms. The van der Waals surface area contributed by atoms with Crippen LogP contribution in [0.2, 0.25) is 0 Å². The molecule has 0 atom stereocenters. The summed E-state index contributed by atoms with van der Waals surface area (Å²) in [5.74, 6) is -0.0647. The molecule has 0 N–H and O–H groups in total. The number of carbonyl (C=O) groups excluding carboxylic acids is 1. The van der Waals surface area contributed by atoms with Crippen LogP contribution in [0.15, 0.2) is 48.5 Å². The molecule has 1 aliphatic rings. The minimum Gasteiger partial charge on any atom is -0.439 e. The summed E-state index contributed by atoms with van der Waals surface area (Å²) < 4.78 is 40.0. The van der Waals surface area contributed by atoms with Crippen molar-refractivity contribution in [2.45, 2.75) is 19.8 Å². The van der Waals surface area contributed by atoms with Gasteiger partial charge in [-0.2, -0.15) is 5.10 Å². The zero-order valence-corrected chi connectivity index (χ0v) is 17.2. The molecule has 0 spiro atoms. The van der Waals surface area contributed by atoms with Crippen LogP contribution in [0.25, 0.3) is 5.69 Å². The summed E-state index contributed by atoms with van der Waals surface area (Å²) in [5.41, 5.74) is 2.03. The molecule has 1 aromatic heterocycles. The van der Waals surface area contributed by atoms with E-state index in [9.17, 15) is 13.6 Å². The highest BCUT2D eigenvalue weighted by molar-refractivity contribution is 5.76. The number of aromatic nitrogens is 2. The van der Waals surface area contributed by atoms with Crippen molar-refractivity contribution in [2.75, 3.05) is 26.3 Å². The Labute approximate surface area is 179 Å². The molecule has 1 saturated heterocycles. The number of hydrogen-bond acceptors (Lipinski definition) is 4. The highest BCUT2D eigenvalue weighted by Gasteiger charge is 2.22. The Bertz CT molecular complexity index is 1060. The summed E-state index contributed by atoms with van der Waals surface area (Å²) in [6, 6.07) is 11.6. The van der Waals surface area contributed by atoms with E-state index in [1.807, 2.05) is 6.92 Å². The first-order valence-electron chi connectivity index (χ1n) is 10.1. The Morgan fingerprint density at radius 3 is 2.55 bits per heavy atom. The van der Waals surface area contributed by atoms with Crippen molar-refractivity contribution in [3.05, 3.63) is 71.4 Å². The van der Waals surface area contributed by atoms with E-state index in [4.69, 9.17) is 9.47 Å². The number of nitrogens with zero attached hydrogens (tertiary/aromatic N) is 3. The predicted octanol–water partition coefficient (Wildman–Crippen LogP) is 4.04. The maximum absolute atomic E-state index is 13.7. The minimum absolute atomic E-state index is 0.0361. The molecular formula is C23H23F2N3O3. The number of carbonyl (C=O) groups is 1. The van der Waals surface area contributed by atoms with Gasteiger partial charge in [0.05, 0.1) is 24.6 Å². The summed E-state index contributed by atoms with van der Waals surface area (Å²) in [6.45, 7) is 4.08. The van der Waals surface area contributed by atoms with Crippen LogP contribution >= 0.6 is 0 Å². The lowest BCUT2D eigenvalue weighted by atomic mass is 10.1. The molecule has 162 valence electrons. The minimum atomic E-state index is -0.425. The van der Waals surface area contributed by atoms with Gasteiger partial charge in [0.1, 0.15) is 17.4 Å². The normalized spacial score (nSPS) is 14.0. The van der Waals surface area contributed by atoms with E-state index >= 15 is 0 Å². The molecule has 0 bridgehead atoms. The summed E-state index contributed by atoms with van der Waals surface area (Å²) in [4.78, 5) is 14.4. The van der Waals surface area contributed by atoms with E-state index in [0.717, 1.165) is 5.56 Å². The Balaban J connectivity index is 1.64. The number of hydrogen-bond donors (Lipinski definition) is 0. The van der Waals surface area contributed by atoms with E-state index < -0.39 is 5.82 Å². The molecule has 0 saturated carbocycles. The van der Waals surface area contributed by atoms with Crippen LogP contribution in [0.5, 0.6) is 11.6 Å². The van der Waals surface area contributed by atoms with E-state index in [1.165, 1.54) is 24.3 Å². The Hall–Kier alpha value is -3.26. The van der Waals surface area contributed by atoms with E-state index in [0.29, 0.717) is 55.7 Å². The quantitative estimate of drug-likeness (QED) is 0.596. The second kappa shape index (κ2) is 9.26. The zero-order valence-electron chi connectivity index (χ0n) is 17.2. The van der Waals surface area contributed by atoms with Gasteiger partial charge in [0.2, 0.25) is 11.8 Å². The average molecular weight is 427 g/mol. The van der Waals surface area contributed by atoms with Crippen molar-refractivity contribution in [1.82, 2.24) is 14.7 Å². The van der Waals surface area contributed by atoms with Gasteiger partial charge in [-0.25, -0.2) is 13.5 Å². The van der Waals surface area contributed by atoms with Crippen molar-refractivity contribution >= 4 is 5.91 Å². The molecule has 8 heteroatoms. The molecule has 6 nitrogen and oxygen atoms in total. The molecule has 0 radical (unpaired) electrons. The van der Waals surface area contributed by atoms with E-state index in [-0.39, 0.29) is 18.1 Å².